The Bertz CT molecular complexity index is 832. The molecule has 0 saturated carbocycles. The average Bonchev–Trinajstić information content (AvgIpc) is 2.88. The van der Waals surface area contributed by atoms with Crippen molar-refractivity contribution in [3.63, 3.8) is 0 Å². The summed E-state index contributed by atoms with van der Waals surface area (Å²) in [7, 11) is 0. The van der Waals surface area contributed by atoms with Gasteiger partial charge in [-0.05, 0) is 54.6 Å². The van der Waals surface area contributed by atoms with Gasteiger partial charge in [-0.1, -0.05) is 56.3 Å². The maximum atomic E-state index is 9.87. The van der Waals surface area contributed by atoms with Crippen molar-refractivity contribution in [2.45, 2.75) is 45.4 Å². The Morgan fingerprint density at radius 1 is 1.08 bits per heavy atom. The SMILES string of the molecule is CC.On1cc(C2CCCNCC2)c(Cc2ccc3ccccc3c2)n1. The number of nitrogens with zero attached hydrogens (tertiary/aromatic N) is 2. The van der Waals surface area contributed by atoms with E-state index in [0.29, 0.717) is 5.92 Å². The molecule has 2 aromatic carbocycles. The maximum Gasteiger partial charge on any atom is 0.0738 e. The van der Waals surface area contributed by atoms with Crippen LogP contribution in [0.4, 0.5) is 0 Å². The highest BCUT2D eigenvalue weighted by Gasteiger charge is 2.20. The van der Waals surface area contributed by atoms with Crippen molar-refractivity contribution in [2.24, 2.45) is 0 Å². The Labute approximate surface area is 155 Å². The van der Waals surface area contributed by atoms with E-state index < -0.39 is 0 Å². The lowest BCUT2D eigenvalue weighted by atomic mass is 9.90. The number of hydrogen-bond acceptors (Lipinski definition) is 3. The summed E-state index contributed by atoms with van der Waals surface area (Å²) in [6, 6.07) is 15.0. The third kappa shape index (κ3) is 4.25. The van der Waals surface area contributed by atoms with Crippen LogP contribution in [0.1, 0.15) is 55.8 Å². The minimum atomic E-state index is 0.483. The van der Waals surface area contributed by atoms with Gasteiger partial charge in [0.15, 0.2) is 0 Å². The molecule has 2 N–H and O–H groups in total. The van der Waals surface area contributed by atoms with Crippen LogP contribution in [-0.2, 0) is 6.42 Å². The van der Waals surface area contributed by atoms with Gasteiger partial charge in [0.25, 0.3) is 0 Å². The zero-order valence-corrected chi connectivity index (χ0v) is 15.8. The van der Waals surface area contributed by atoms with E-state index in [1.165, 1.54) is 28.3 Å². The highest BCUT2D eigenvalue weighted by atomic mass is 16.5. The Hall–Kier alpha value is -2.33. The first-order valence-electron chi connectivity index (χ1n) is 9.76. The molecule has 0 aliphatic carbocycles. The Kier molecular flexibility index (Phi) is 6.29. The third-order valence-electron chi connectivity index (χ3n) is 5.01. The van der Waals surface area contributed by atoms with Crippen molar-refractivity contribution in [3.8, 4) is 0 Å². The molecule has 26 heavy (non-hydrogen) atoms. The molecule has 3 aromatic rings. The molecule has 1 saturated heterocycles. The van der Waals surface area contributed by atoms with Crippen LogP contribution in [0, 0.1) is 0 Å². The molecule has 2 heterocycles. The number of fused-ring (bicyclic) bond motifs is 1. The van der Waals surface area contributed by atoms with Gasteiger partial charge in [0.05, 0.1) is 11.9 Å². The summed E-state index contributed by atoms with van der Waals surface area (Å²) in [5.74, 6) is 0.483. The summed E-state index contributed by atoms with van der Waals surface area (Å²) in [4.78, 5) is 0.990. The van der Waals surface area contributed by atoms with E-state index in [2.05, 4.69) is 52.9 Å². The van der Waals surface area contributed by atoms with Gasteiger partial charge in [-0.3, -0.25) is 0 Å². The monoisotopic (exact) mass is 351 g/mol. The molecule has 1 fully saturated rings. The van der Waals surface area contributed by atoms with Crippen molar-refractivity contribution in [3.05, 3.63) is 65.5 Å². The van der Waals surface area contributed by atoms with Crippen LogP contribution in [0.5, 0.6) is 0 Å². The molecule has 0 spiro atoms. The molecule has 4 heteroatoms. The summed E-state index contributed by atoms with van der Waals surface area (Å²) < 4.78 is 0. The van der Waals surface area contributed by atoms with Crippen LogP contribution in [-0.4, -0.2) is 28.2 Å². The number of hydrogen-bond donors (Lipinski definition) is 2. The minimum absolute atomic E-state index is 0.483. The molecule has 4 rings (SSSR count). The molecule has 1 unspecified atom stereocenters. The molecular weight excluding hydrogens is 322 g/mol. The van der Waals surface area contributed by atoms with E-state index in [9.17, 15) is 5.21 Å². The third-order valence-corrected chi connectivity index (χ3v) is 5.01. The van der Waals surface area contributed by atoms with Crippen molar-refractivity contribution in [1.29, 1.82) is 0 Å². The fourth-order valence-electron chi connectivity index (χ4n) is 3.76. The van der Waals surface area contributed by atoms with E-state index in [-0.39, 0.29) is 0 Å². The number of nitrogens with one attached hydrogen (secondary N) is 1. The largest absolute Gasteiger partial charge is 0.412 e. The number of rotatable bonds is 3. The summed E-state index contributed by atoms with van der Waals surface area (Å²) in [5.41, 5.74) is 3.44. The van der Waals surface area contributed by atoms with Crippen LogP contribution in [0.15, 0.2) is 48.7 Å². The van der Waals surface area contributed by atoms with E-state index >= 15 is 0 Å². The molecule has 1 atom stereocenters. The first-order chi connectivity index (χ1) is 12.8. The molecule has 138 valence electrons. The van der Waals surface area contributed by atoms with Gasteiger partial charge in [0.2, 0.25) is 0 Å². The maximum absolute atomic E-state index is 9.87. The van der Waals surface area contributed by atoms with Gasteiger partial charge in [-0.2, -0.15) is 0 Å². The first kappa shape index (κ1) is 18.5. The average molecular weight is 351 g/mol. The molecule has 1 aliphatic rings. The number of benzene rings is 2. The second-order valence-corrected chi connectivity index (χ2v) is 6.69. The fourth-order valence-corrected chi connectivity index (χ4v) is 3.76. The minimum Gasteiger partial charge on any atom is -0.412 e. The van der Waals surface area contributed by atoms with Gasteiger partial charge in [-0.25, -0.2) is 0 Å². The molecule has 0 bridgehead atoms. The topological polar surface area (TPSA) is 50.1 Å². The zero-order valence-electron chi connectivity index (χ0n) is 15.8. The number of aromatic nitrogens is 2. The van der Waals surface area contributed by atoms with Crippen molar-refractivity contribution in [1.82, 2.24) is 15.3 Å². The summed E-state index contributed by atoms with van der Waals surface area (Å²) in [5, 5.41) is 20.2. The molecule has 1 aliphatic heterocycles. The van der Waals surface area contributed by atoms with E-state index in [1.807, 2.05) is 13.8 Å². The molecule has 4 nitrogen and oxygen atoms in total. The van der Waals surface area contributed by atoms with Gasteiger partial charge in [-0.15, -0.1) is 9.94 Å². The highest BCUT2D eigenvalue weighted by Crippen LogP contribution is 2.30. The quantitative estimate of drug-likeness (QED) is 0.670. The smallest absolute Gasteiger partial charge is 0.0738 e. The van der Waals surface area contributed by atoms with Gasteiger partial charge < -0.3 is 10.5 Å². The van der Waals surface area contributed by atoms with Crippen LogP contribution in [0.25, 0.3) is 10.8 Å². The molecular formula is C22H29N3O. The Morgan fingerprint density at radius 3 is 2.73 bits per heavy atom. The normalized spacial score (nSPS) is 17.4. The lowest BCUT2D eigenvalue weighted by molar-refractivity contribution is 0.147. The second kappa shape index (κ2) is 8.86. The van der Waals surface area contributed by atoms with Crippen LogP contribution in [0.2, 0.25) is 0 Å². The van der Waals surface area contributed by atoms with E-state index in [0.717, 1.165) is 42.9 Å². The van der Waals surface area contributed by atoms with Crippen LogP contribution < -0.4 is 5.32 Å². The molecule has 0 radical (unpaired) electrons. The van der Waals surface area contributed by atoms with Gasteiger partial charge in [0.1, 0.15) is 0 Å². The fraction of sp³-hybridized carbons (Fsp3) is 0.409. The van der Waals surface area contributed by atoms with E-state index in [1.54, 1.807) is 6.20 Å². The Balaban J connectivity index is 0.000000948. The van der Waals surface area contributed by atoms with Crippen molar-refractivity contribution in [2.75, 3.05) is 13.1 Å². The molecule has 1 aromatic heterocycles. The van der Waals surface area contributed by atoms with Crippen molar-refractivity contribution < 1.29 is 5.21 Å². The lowest BCUT2D eigenvalue weighted by Crippen LogP contribution is -2.14. The summed E-state index contributed by atoms with van der Waals surface area (Å²) in [6.07, 6.45) is 6.00. The van der Waals surface area contributed by atoms with Crippen molar-refractivity contribution >= 4 is 10.8 Å². The van der Waals surface area contributed by atoms with Crippen LogP contribution >= 0.6 is 0 Å². The van der Waals surface area contributed by atoms with Crippen LogP contribution in [0.3, 0.4) is 0 Å². The summed E-state index contributed by atoms with van der Waals surface area (Å²) in [6.45, 7) is 6.13. The zero-order chi connectivity index (χ0) is 18.4. The lowest BCUT2D eigenvalue weighted by Gasteiger charge is -2.13. The van der Waals surface area contributed by atoms with E-state index in [4.69, 9.17) is 0 Å². The predicted molar refractivity (Wildman–Crippen MR) is 107 cm³/mol. The first-order valence-corrected chi connectivity index (χ1v) is 9.76. The van der Waals surface area contributed by atoms with Gasteiger partial charge in [0, 0.05) is 12.0 Å². The summed E-state index contributed by atoms with van der Waals surface area (Å²) >= 11 is 0. The predicted octanol–water partition coefficient (Wildman–Crippen LogP) is 4.75. The van der Waals surface area contributed by atoms with Gasteiger partial charge >= 0.3 is 0 Å². The second-order valence-electron chi connectivity index (χ2n) is 6.69. The Morgan fingerprint density at radius 2 is 1.88 bits per heavy atom. The molecule has 0 amide bonds. The highest BCUT2D eigenvalue weighted by molar-refractivity contribution is 5.83. The standard InChI is InChI=1S/C20H23N3O.C2H6/c24-23-14-19(17-6-3-10-21-11-9-17)20(22-23)13-15-7-8-16-4-1-2-5-18(16)12-15;1-2/h1-2,4-5,7-8,12,14,17,21,24H,3,6,9-11,13H2;1-2H3.